The zero-order chi connectivity index (χ0) is 42.6. The van der Waals surface area contributed by atoms with E-state index in [1.54, 1.807) is 6.08 Å². The second-order valence-electron chi connectivity index (χ2n) is 17.4. The molecule has 0 fully saturated rings. The summed E-state index contributed by atoms with van der Waals surface area (Å²) in [6, 6.07) is 0. The lowest BCUT2D eigenvalue weighted by atomic mass is 9.60. The van der Waals surface area contributed by atoms with Gasteiger partial charge in [0.2, 0.25) is 0 Å². The molecule has 0 aromatic heterocycles. The fraction of sp³-hybridized carbons (Fsp3) is 0.745. The van der Waals surface area contributed by atoms with Crippen LogP contribution < -0.4 is 0 Å². The van der Waals surface area contributed by atoms with Gasteiger partial charge < -0.3 is 19.8 Å². The number of carbonyl (C=O) groups is 3. The molecule has 0 radical (unpaired) electrons. The number of hydrogen-bond donors (Lipinski definition) is 2. The predicted octanol–water partition coefficient (Wildman–Crippen LogP) is 14.1. The van der Waals surface area contributed by atoms with E-state index < -0.39 is 28.7 Å². The van der Waals surface area contributed by atoms with Crippen LogP contribution in [0.4, 0.5) is 0 Å². The average Bonchev–Trinajstić information content (AvgIpc) is 3.20. The molecule has 0 saturated heterocycles. The molecule has 0 heterocycles. The third-order valence-electron chi connectivity index (χ3n) is 11.7. The minimum absolute atomic E-state index is 0.0187. The maximum absolute atomic E-state index is 13.5. The molecule has 0 aliphatic heterocycles. The number of esters is 1. The van der Waals surface area contributed by atoms with E-state index in [1.165, 1.54) is 51.4 Å². The normalized spacial score (nSPS) is 18.7. The monoisotopic (exact) mass is 810 g/mol. The van der Waals surface area contributed by atoms with E-state index in [9.17, 15) is 24.6 Å². The molecule has 0 bridgehead atoms. The Morgan fingerprint density at radius 2 is 1.03 bits per heavy atom. The Labute approximate surface area is 355 Å². The molecule has 0 aromatic carbocycles. The summed E-state index contributed by atoms with van der Waals surface area (Å²) in [5.74, 6) is -2.59. The Bertz CT molecular complexity index is 1230. The van der Waals surface area contributed by atoms with Crippen LogP contribution in [0.3, 0.4) is 0 Å². The summed E-state index contributed by atoms with van der Waals surface area (Å²) in [5, 5.41) is 21.5. The second-order valence-corrected chi connectivity index (χ2v) is 17.4. The number of rotatable bonds is 38. The van der Waals surface area contributed by atoms with Gasteiger partial charge >= 0.3 is 17.9 Å². The molecule has 0 amide bonds. The van der Waals surface area contributed by atoms with Gasteiger partial charge in [-0.15, -0.1) is 0 Å². The Hall–Kier alpha value is -2.93. The van der Waals surface area contributed by atoms with Crippen molar-refractivity contribution in [1.29, 1.82) is 0 Å². The molecule has 1 aliphatic rings. The van der Waals surface area contributed by atoms with E-state index in [-0.39, 0.29) is 25.0 Å². The van der Waals surface area contributed by atoms with Gasteiger partial charge in [-0.25, -0.2) is 4.79 Å². The number of carboxylic acids is 2. The zero-order valence-electron chi connectivity index (χ0n) is 37.8. The highest BCUT2D eigenvalue weighted by atomic mass is 16.5. The summed E-state index contributed by atoms with van der Waals surface area (Å²) in [5.41, 5.74) is -2.48. The number of hydrogen-bond acceptors (Lipinski definition) is 5. The van der Waals surface area contributed by atoms with Crippen molar-refractivity contribution in [2.75, 3.05) is 27.2 Å². The Kier molecular flexibility index (Phi) is 31.9. The first-order valence-corrected chi connectivity index (χ1v) is 23.7. The van der Waals surface area contributed by atoms with Crippen molar-refractivity contribution in [2.24, 2.45) is 10.8 Å². The van der Waals surface area contributed by atoms with E-state index in [1.807, 2.05) is 14.1 Å². The van der Waals surface area contributed by atoms with Crippen LogP contribution in [-0.2, 0) is 19.1 Å². The van der Waals surface area contributed by atoms with Crippen LogP contribution in [0, 0.1) is 10.8 Å². The van der Waals surface area contributed by atoms with Gasteiger partial charge in [0.15, 0.2) is 0 Å². The number of allylic oxidation sites excluding steroid dienone is 8. The highest BCUT2D eigenvalue weighted by molar-refractivity contribution is 5.93. The van der Waals surface area contributed by atoms with E-state index in [0.29, 0.717) is 32.1 Å². The predicted molar refractivity (Wildman–Crippen MR) is 244 cm³/mol. The number of ether oxygens (including phenoxy) is 1. The van der Waals surface area contributed by atoms with Crippen LogP contribution in [0.15, 0.2) is 60.3 Å². The summed E-state index contributed by atoms with van der Waals surface area (Å²) < 4.78 is 5.65. The van der Waals surface area contributed by atoms with E-state index >= 15 is 0 Å². The summed E-state index contributed by atoms with van der Waals surface area (Å²) in [7, 11) is 4.00. The largest absolute Gasteiger partial charge is 0.481 e. The van der Waals surface area contributed by atoms with Gasteiger partial charge in [0.05, 0.1) is 17.4 Å². The topological polar surface area (TPSA) is 104 Å². The fourth-order valence-electron chi connectivity index (χ4n) is 8.11. The molecule has 0 saturated carbocycles. The molecule has 2 unspecified atom stereocenters. The lowest BCUT2D eigenvalue weighted by Crippen LogP contribution is -2.45. The van der Waals surface area contributed by atoms with Crippen molar-refractivity contribution < 1.29 is 29.3 Å². The van der Waals surface area contributed by atoms with Crippen molar-refractivity contribution in [2.45, 2.75) is 206 Å². The van der Waals surface area contributed by atoms with Gasteiger partial charge in [-0.2, -0.15) is 0 Å². The molecular formula is C51H87NO6. The van der Waals surface area contributed by atoms with Gasteiger partial charge in [-0.05, 0) is 123 Å². The SMILES string of the molecule is CCCCC/C=C\C/C=C\CCCCCCCCC1(C(=O)O)C=C(C(=O)OCCCCN(C)C)CC(CCCCCCCC/C=C\C/C=C\CCCCC)(C(=O)O)C1. The van der Waals surface area contributed by atoms with Gasteiger partial charge in [-0.1, -0.05) is 158 Å². The first-order chi connectivity index (χ1) is 28.1. The van der Waals surface area contributed by atoms with Crippen LogP contribution >= 0.6 is 0 Å². The molecule has 7 heteroatoms. The van der Waals surface area contributed by atoms with Crippen LogP contribution in [0.2, 0.25) is 0 Å². The van der Waals surface area contributed by atoms with Gasteiger partial charge in [0.1, 0.15) is 0 Å². The molecule has 0 spiro atoms. The van der Waals surface area contributed by atoms with E-state index in [2.05, 4.69) is 67.4 Å². The number of aliphatic carboxylic acids is 2. The molecule has 1 aliphatic carbocycles. The zero-order valence-corrected chi connectivity index (χ0v) is 37.8. The quantitative estimate of drug-likeness (QED) is 0.0363. The maximum Gasteiger partial charge on any atom is 0.333 e. The summed E-state index contributed by atoms with van der Waals surface area (Å²) in [6.45, 7) is 5.58. The number of unbranched alkanes of at least 4 members (excludes halogenated alkanes) is 19. The minimum atomic E-state index is -1.40. The van der Waals surface area contributed by atoms with E-state index in [4.69, 9.17) is 4.74 Å². The lowest BCUT2D eigenvalue weighted by Gasteiger charge is -2.42. The van der Waals surface area contributed by atoms with Crippen molar-refractivity contribution in [1.82, 2.24) is 4.90 Å². The second kappa shape index (κ2) is 34.9. The van der Waals surface area contributed by atoms with Crippen molar-refractivity contribution >= 4 is 17.9 Å². The Balaban J connectivity index is 2.72. The van der Waals surface area contributed by atoms with Crippen LogP contribution in [0.5, 0.6) is 0 Å². The van der Waals surface area contributed by atoms with Crippen molar-refractivity contribution in [3.05, 3.63) is 60.3 Å². The summed E-state index contributed by atoms with van der Waals surface area (Å²) in [6.07, 6.45) is 48.2. The minimum Gasteiger partial charge on any atom is -0.481 e. The molecule has 2 atom stereocenters. The standard InChI is InChI=1S/C51H87NO6/c1-5-7-9-11-13-15-17-19-21-23-25-27-29-31-33-35-39-50(48(54)55)43-46(47(53)58-42-38-37-41-52(3)4)44-51(45-50,49(56)57)40-36-34-32-30-28-26-24-22-20-18-16-14-12-10-8-6-2/h13-16,19-22,43H,5-12,17-18,23-42,44-45H2,1-4H3,(H,54,55)(H,56,57)/b15-13-,16-14-,21-19-,22-20-. The average molecular weight is 810 g/mol. The van der Waals surface area contributed by atoms with Crippen LogP contribution in [0.1, 0.15) is 206 Å². The highest BCUT2D eigenvalue weighted by Gasteiger charge is 2.53. The van der Waals surface area contributed by atoms with Crippen LogP contribution in [-0.4, -0.2) is 60.3 Å². The molecular weight excluding hydrogens is 723 g/mol. The Morgan fingerprint density at radius 3 is 1.48 bits per heavy atom. The number of nitrogens with zero attached hydrogens (tertiary/aromatic N) is 1. The van der Waals surface area contributed by atoms with E-state index in [0.717, 1.165) is 103 Å². The lowest BCUT2D eigenvalue weighted by molar-refractivity contribution is -0.158. The Morgan fingerprint density at radius 1 is 0.586 bits per heavy atom. The smallest absolute Gasteiger partial charge is 0.333 e. The van der Waals surface area contributed by atoms with Gasteiger partial charge in [-0.3, -0.25) is 9.59 Å². The maximum atomic E-state index is 13.5. The van der Waals surface area contributed by atoms with Gasteiger partial charge in [0, 0.05) is 5.57 Å². The first kappa shape index (κ1) is 53.1. The number of carbonyl (C=O) groups excluding carboxylic acids is 1. The van der Waals surface area contributed by atoms with Crippen molar-refractivity contribution in [3.63, 3.8) is 0 Å². The van der Waals surface area contributed by atoms with Gasteiger partial charge in [0.25, 0.3) is 0 Å². The summed E-state index contributed by atoms with van der Waals surface area (Å²) >= 11 is 0. The van der Waals surface area contributed by atoms with Crippen molar-refractivity contribution in [3.8, 4) is 0 Å². The molecule has 7 nitrogen and oxygen atoms in total. The molecule has 332 valence electrons. The molecule has 1 rings (SSSR count). The third kappa shape index (κ3) is 25.5. The highest BCUT2D eigenvalue weighted by Crippen LogP contribution is 2.51. The molecule has 58 heavy (non-hydrogen) atoms. The molecule has 0 aromatic rings. The molecule has 2 N–H and O–H groups in total. The third-order valence-corrected chi connectivity index (χ3v) is 11.7. The van der Waals surface area contributed by atoms with Crippen LogP contribution in [0.25, 0.3) is 0 Å². The summed E-state index contributed by atoms with van der Waals surface area (Å²) in [4.78, 5) is 41.8. The fourth-order valence-corrected chi connectivity index (χ4v) is 8.11. The number of carboxylic acid groups (broad SMARTS) is 2. The first-order valence-electron chi connectivity index (χ1n) is 23.7.